The molecule has 0 spiro atoms. The lowest BCUT2D eigenvalue weighted by Gasteiger charge is -2.29. The highest BCUT2D eigenvalue weighted by atomic mass is 16.2. The Morgan fingerprint density at radius 3 is 2.39 bits per heavy atom. The molecular weight excluding hydrogens is 230 g/mol. The number of amides is 2. The molecule has 18 heavy (non-hydrogen) atoms. The number of carbonyl (C=O) groups excluding carboxylic acids is 3. The quantitative estimate of drug-likeness (QED) is 0.658. The van der Waals surface area contributed by atoms with Crippen molar-refractivity contribution in [2.24, 2.45) is 0 Å². The molecule has 1 aliphatic heterocycles. The van der Waals surface area contributed by atoms with E-state index in [9.17, 15) is 14.4 Å². The Morgan fingerprint density at radius 1 is 0.944 bits per heavy atom. The van der Waals surface area contributed by atoms with Crippen LogP contribution in [-0.2, 0) is 14.4 Å². The van der Waals surface area contributed by atoms with Gasteiger partial charge >= 0.3 is 0 Å². The summed E-state index contributed by atoms with van der Waals surface area (Å²) in [6, 6.07) is 0.0350. The summed E-state index contributed by atoms with van der Waals surface area (Å²) in [7, 11) is 0. The molecule has 0 atom stereocenters. The standard InChI is InChI=1S/C14H15NO3/c16-10-6-7-11-12(8-10)14(18)15(13(11)17)9-4-2-1-3-5-9/h6-7,9H,1-5,8H2. The van der Waals surface area contributed by atoms with Crippen LogP contribution in [0.25, 0.3) is 0 Å². The number of rotatable bonds is 1. The van der Waals surface area contributed by atoms with E-state index in [0.717, 1.165) is 25.7 Å². The number of hydrogen-bond acceptors (Lipinski definition) is 3. The molecule has 4 heteroatoms. The molecule has 0 radical (unpaired) electrons. The number of allylic oxidation sites excluding steroid dienone is 1. The molecule has 0 aromatic rings. The van der Waals surface area contributed by atoms with Gasteiger partial charge in [0.2, 0.25) is 0 Å². The van der Waals surface area contributed by atoms with Crippen LogP contribution in [0.2, 0.25) is 0 Å². The van der Waals surface area contributed by atoms with Gasteiger partial charge in [0.25, 0.3) is 11.8 Å². The van der Waals surface area contributed by atoms with Gasteiger partial charge < -0.3 is 0 Å². The van der Waals surface area contributed by atoms with Gasteiger partial charge in [-0.05, 0) is 25.0 Å². The van der Waals surface area contributed by atoms with E-state index >= 15 is 0 Å². The molecule has 1 saturated carbocycles. The maximum absolute atomic E-state index is 12.3. The van der Waals surface area contributed by atoms with Crippen molar-refractivity contribution >= 4 is 17.6 Å². The fourth-order valence-corrected chi connectivity index (χ4v) is 3.03. The zero-order valence-electron chi connectivity index (χ0n) is 10.1. The first-order valence-corrected chi connectivity index (χ1v) is 6.50. The zero-order chi connectivity index (χ0) is 12.7. The topological polar surface area (TPSA) is 54.5 Å². The van der Waals surface area contributed by atoms with Crippen LogP contribution < -0.4 is 0 Å². The summed E-state index contributed by atoms with van der Waals surface area (Å²) in [5.41, 5.74) is 0.836. The van der Waals surface area contributed by atoms with Crippen molar-refractivity contribution in [3.63, 3.8) is 0 Å². The van der Waals surface area contributed by atoms with Crippen molar-refractivity contribution in [2.75, 3.05) is 0 Å². The average molecular weight is 245 g/mol. The van der Waals surface area contributed by atoms with Crippen molar-refractivity contribution < 1.29 is 14.4 Å². The molecule has 3 aliphatic rings. The first-order chi connectivity index (χ1) is 8.68. The molecular formula is C14H15NO3. The second kappa shape index (κ2) is 4.19. The van der Waals surface area contributed by atoms with Gasteiger partial charge in [-0.1, -0.05) is 19.3 Å². The van der Waals surface area contributed by atoms with Crippen molar-refractivity contribution in [3.05, 3.63) is 23.3 Å². The van der Waals surface area contributed by atoms with Crippen LogP contribution in [0.1, 0.15) is 38.5 Å². The maximum atomic E-state index is 12.3. The van der Waals surface area contributed by atoms with Gasteiger partial charge in [0.1, 0.15) is 0 Å². The first-order valence-electron chi connectivity index (χ1n) is 6.50. The average Bonchev–Trinajstić information content (AvgIpc) is 2.63. The number of carbonyl (C=O) groups is 3. The largest absolute Gasteiger partial charge is 0.294 e. The van der Waals surface area contributed by atoms with E-state index < -0.39 is 0 Å². The van der Waals surface area contributed by atoms with Gasteiger partial charge in [-0.15, -0.1) is 0 Å². The molecule has 0 N–H and O–H groups in total. The Hall–Kier alpha value is -1.71. The van der Waals surface area contributed by atoms with Crippen LogP contribution in [0.3, 0.4) is 0 Å². The van der Waals surface area contributed by atoms with Crippen molar-refractivity contribution in [1.82, 2.24) is 4.90 Å². The summed E-state index contributed by atoms with van der Waals surface area (Å²) >= 11 is 0. The Balaban J connectivity index is 1.88. The van der Waals surface area contributed by atoms with Crippen LogP contribution in [0, 0.1) is 0 Å². The van der Waals surface area contributed by atoms with Crippen LogP contribution in [0.4, 0.5) is 0 Å². The lowest BCUT2D eigenvalue weighted by molar-refractivity contribution is -0.141. The fourth-order valence-electron chi connectivity index (χ4n) is 3.03. The van der Waals surface area contributed by atoms with Crippen molar-refractivity contribution in [2.45, 2.75) is 44.6 Å². The summed E-state index contributed by atoms with van der Waals surface area (Å²) in [4.78, 5) is 37.2. The highest BCUT2D eigenvalue weighted by Crippen LogP contribution is 2.33. The van der Waals surface area contributed by atoms with E-state index in [1.165, 1.54) is 23.5 Å². The molecule has 2 amide bonds. The third-order valence-electron chi connectivity index (χ3n) is 3.98. The van der Waals surface area contributed by atoms with E-state index in [2.05, 4.69) is 0 Å². The van der Waals surface area contributed by atoms with Gasteiger partial charge in [-0.3, -0.25) is 19.3 Å². The summed E-state index contributed by atoms with van der Waals surface area (Å²) in [5, 5.41) is 0. The summed E-state index contributed by atoms with van der Waals surface area (Å²) in [6.07, 6.45) is 8.10. The fraction of sp³-hybridized carbons (Fsp3) is 0.500. The summed E-state index contributed by atoms with van der Waals surface area (Å²) < 4.78 is 0. The Kier molecular flexibility index (Phi) is 2.65. The van der Waals surface area contributed by atoms with Crippen molar-refractivity contribution in [3.8, 4) is 0 Å². The van der Waals surface area contributed by atoms with Crippen LogP contribution in [0.5, 0.6) is 0 Å². The number of nitrogens with zero attached hydrogens (tertiary/aromatic N) is 1. The highest BCUT2D eigenvalue weighted by Gasteiger charge is 2.42. The van der Waals surface area contributed by atoms with Crippen LogP contribution in [-0.4, -0.2) is 28.5 Å². The van der Waals surface area contributed by atoms with Gasteiger partial charge in [-0.2, -0.15) is 0 Å². The normalized spacial score (nSPS) is 25.1. The lowest BCUT2D eigenvalue weighted by atomic mass is 9.94. The number of ketones is 1. The van der Waals surface area contributed by atoms with E-state index in [0.29, 0.717) is 11.1 Å². The molecule has 0 aromatic heterocycles. The SMILES string of the molecule is O=C1C=CC2=C(C1)C(=O)N(C1CCCCC1)C2=O. The van der Waals surface area contributed by atoms with E-state index in [4.69, 9.17) is 0 Å². The molecule has 2 aliphatic carbocycles. The third kappa shape index (κ3) is 1.64. The van der Waals surface area contributed by atoms with E-state index in [1.54, 1.807) is 0 Å². The molecule has 0 unspecified atom stereocenters. The minimum absolute atomic E-state index is 0.0350. The molecule has 0 aromatic carbocycles. The second-order valence-electron chi connectivity index (χ2n) is 5.14. The second-order valence-corrected chi connectivity index (χ2v) is 5.14. The van der Waals surface area contributed by atoms with Crippen LogP contribution in [0.15, 0.2) is 23.3 Å². The Morgan fingerprint density at radius 2 is 1.67 bits per heavy atom. The third-order valence-corrected chi connectivity index (χ3v) is 3.98. The maximum Gasteiger partial charge on any atom is 0.261 e. The molecule has 0 saturated heterocycles. The monoisotopic (exact) mass is 245 g/mol. The van der Waals surface area contributed by atoms with Crippen molar-refractivity contribution in [1.29, 1.82) is 0 Å². The summed E-state index contributed by atoms with van der Waals surface area (Å²) in [5.74, 6) is -0.536. The van der Waals surface area contributed by atoms with E-state index in [1.807, 2.05) is 0 Å². The molecule has 1 heterocycles. The predicted molar refractivity (Wildman–Crippen MR) is 64.5 cm³/mol. The number of imide groups is 1. The zero-order valence-corrected chi connectivity index (χ0v) is 10.1. The van der Waals surface area contributed by atoms with Gasteiger partial charge in [-0.25, -0.2) is 0 Å². The smallest absolute Gasteiger partial charge is 0.261 e. The molecule has 3 rings (SSSR count). The lowest BCUT2D eigenvalue weighted by Crippen LogP contribution is -2.42. The predicted octanol–water partition coefficient (Wildman–Crippen LogP) is 1.51. The minimum atomic E-state index is -0.236. The molecule has 0 bridgehead atoms. The van der Waals surface area contributed by atoms with Crippen LogP contribution >= 0.6 is 0 Å². The molecule has 4 nitrogen and oxygen atoms in total. The first kappa shape index (κ1) is 11.4. The molecule has 1 fully saturated rings. The highest BCUT2D eigenvalue weighted by molar-refractivity contribution is 6.24. The molecule has 94 valence electrons. The van der Waals surface area contributed by atoms with Gasteiger partial charge in [0.15, 0.2) is 5.78 Å². The van der Waals surface area contributed by atoms with Gasteiger partial charge in [0, 0.05) is 23.6 Å². The van der Waals surface area contributed by atoms with E-state index in [-0.39, 0.29) is 30.1 Å². The summed E-state index contributed by atoms with van der Waals surface area (Å²) in [6.45, 7) is 0. The number of hydrogen-bond donors (Lipinski definition) is 0. The minimum Gasteiger partial charge on any atom is -0.294 e. The van der Waals surface area contributed by atoms with Gasteiger partial charge in [0.05, 0.1) is 0 Å². The Labute approximate surface area is 105 Å². The Bertz CT molecular complexity index is 495.